The summed E-state index contributed by atoms with van der Waals surface area (Å²) in [6.45, 7) is 2.50. The third-order valence-electron chi connectivity index (χ3n) is 5.99. The number of Topliss-reactive ketones (excluding diaryl/α,β-unsaturated/α-hetero) is 1. The summed E-state index contributed by atoms with van der Waals surface area (Å²) in [5.41, 5.74) is 0.715. The van der Waals surface area contributed by atoms with Crippen LogP contribution in [0.1, 0.15) is 30.5 Å². The van der Waals surface area contributed by atoms with Crippen LogP contribution in [-0.4, -0.2) is 33.3 Å². The molecule has 11 heteroatoms. The molecule has 0 aliphatic carbocycles. The molecule has 1 fully saturated rings. The van der Waals surface area contributed by atoms with Gasteiger partial charge in [0.1, 0.15) is 11.5 Å². The Morgan fingerprint density at radius 1 is 1.16 bits per heavy atom. The maximum atomic E-state index is 13.4. The number of benzene rings is 3. The zero-order valence-electron chi connectivity index (χ0n) is 20.0. The number of aromatic nitrogens is 1. The van der Waals surface area contributed by atoms with Crippen LogP contribution in [0, 0.1) is 10.1 Å². The first-order chi connectivity index (χ1) is 18.3. The molecule has 3 aromatic carbocycles. The molecular weight excluding hydrogens is 530 g/mol. The average Bonchev–Trinajstić information content (AvgIpc) is 3.45. The lowest BCUT2D eigenvalue weighted by molar-refractivity contribution is -0.384. The lowest BCUT2D eigenvalue weighted by Crippen LogP contribution is -2.29. The fourth-order valence-electron chi connectivity index (χ4n) is 4.23. The van der Waals surface area contributed by atoms with Gasteiger partial charge in [-0.2, -0.15) is 0 Å². The van der Waals surface area contributed by atoms with Gasteiger partial charge in [-0.1, -0.05) is 42.0 Å². The Labute approximate surface area is 225 Å². The normalized spacial score (nSPS) is 16.8. The molecule has 192 valence electrons. The smallest absolute Gasteiger partial charge is 0.301 e. The Bertz CT molecular complexity index is 1610. The van der Waals surface area contributed by atoms with Crippen molar-refractivity contribution < 1.29 is 24.4 Å². The van der Waals surface area contributed by atoms with E-state index < -0.39 is 28.4 Å². The summed E-state index contributed by atoms with van der Waals surface area (Å²) < 4.78 is 6.27. The van der Waals surface area contributed by atoms with E-state index in [1.54, 1.807) is 48.5 Å². The number of carbonyl (C=O) groups is 2. The summed E-state index contributed by atoms with van der Waals surface area (Å²) in [7, 11) is 0. The molecule has 0 saturated carbocycles. The number of rotatable bonds is 7. The summed E-state index contributed by atoms with van der Waals surface area (Å²) in [6.07, 6.45) is 0.826. The van der Waals surface area contributed by atoms with E-state index in [1.807, 2.05) is 6.92 Å². The van der Waals surface area contributed by atoms with Gasteiger partial charge in [-0.15, -0.1) is 0 Å². The number of ether oxygens (including phenoxy) is 1. The van der Waals surface area contributed by atoms with E-state index in [9.17, 15) is 24.8 Å². The summed E-state index contributed by atoms with van der Waals surface area (Å²) in [5.74, 6) is -1.65. The molecule has 5 rings (SSSR count). The van der Waals surface area contributed by atoms with Crippen molar-refractivity contribution in [2.45, 2.75) is 19.4 Å². The molecular formula is C27H20ClN3O6S. The van der Waals surface area contributed by atoms with Crippen molar-refractivity contribution in [1.82, 2.24) is 4.98 Å². The van der Waals surface area contributed by atoms with Crippen molar-refractivity contribution in [3.63, 3.8) is 0 Å². The highest BCUT2D eigenvalue weighted by Crippen LogP contribution is 2.45. The average molecular weight is 550 g/mol. The van der Waals surface area contributed by atoms with Gasteiger partial charge in [0.2, 0.25) is 0 Å². The second kappa shape index (κ2) is 10.2. The quantitative estimate of drug-likeness (QED) is 0.0946. The Balaban J connectivity index is 1.68. The summed E-state index contributed by atoms with van der Waals surface area (Å²) in [4.78, 5) is 43.4. The van der Waals surface area contributed by atoms with Gasteiger partial charge < -0.3 is 9.84 Å². The van der Waals surface area contributed by atoms with E-state index >= 15 is 0 Å². The van der Waals surface area contributed by atoms with Gasteiger partial charge in [0, 0.05) is 22.7 Å². The van der Waals surface area contributed by atoms with Crippen molar-refractivity contribution in [2.75, 3.05) is 11.5 Å². The van der Waals surface area contributed by atoms with Crippen molar-refractivity contribution in [3.05, 3.63) is 98.6 Å². The van der Waals surface area contributed by atoms with Crippen LogP contribution in [-0.2, 0) is 9.59 Å². The van der Waals surface area contributed by atoms with E-state index in [0.29, 0.717) is 33.2 Å². The third-order valence-corrected chi connectivity index (χ3v) is 7.24. The lowest BCUT2D eigenvalue weighted by Gasteiger charge is -2.22. The zero-order chi connectivity index (χ0) is 27.0. The SMILES string of the molecule is CCCOc1ccc(/C(O)=C2\C(=O)C(=O)N(c3nc4ccc(Cl)cc4s3)C2c2cccc([N+](=O)[O-])c2)cc1. The van der Waals surface area contributed by atoms with E-state index in [1.165, 1.54) is 23.1 Å². The maximum absolute atomic E-state index is 13.4. The minimum absolute atomic E-state index is 0.197. The predicted molar refractivity (Wildman–Crippen MR) is 145 cm³/mol. The molecule has 0 bridgehead atoms. The van der Waals surface area contributed by atoms with Crippen LogP contribution in [0.4, 0.5) is 10.8 Å². The Hall–Kier alpha value is -4.28. The maximum Gasteiger partial charge on any atom is 0.301 e. The number of carbonyl (C=O) groups excluding carboxylic acids is 2. The number of fused-ring (bicyclic) bond motifs is 1. The third kappa shape index (κ3) is 4.59. The van der Waals surface area contributed by atoms with Gasteiger partial charge in [0.05, 0.1) is 33.4 Å². The number of anilines is 1. The van der Waals surface area contributed by atoms with E-state index in [0.717, 1.165) is 17.8 Å². The van der Waals surface area contributed by atoms with E-state index in [-0.39, 0.29) is 22.0 Å². The van der Waals surface area contributed by atoms with Crippen LogP contribution >= 0.6 is 22.9 Å². The number of thiazole rings is 1. The molecule has 1 unspecified atom stereocenters. The number of nitro benzene ring substituents is 1. The number of hydrogen-bond acceptors (Lipinski definition) is 8. The highest BCUT2D eigenvalue weighted by Gasteiger charge is 2.48. The van der Waals surface area contributed by atoms with Crippen molar-refractivity contribution in [1.29, 1.82) is 0 Å². The molecule has 1 aliphatic rings. The molecule has 1 saturated heterocycles. The van der Waals surface area contributed by atoms with Gasteiger partial charge in [-0.25, -0.2) is 4.98 Å². The number of aliphatic hydroxyl groups is 1. The topological polar surface area (TPSA) is 123 Å². The van der Waals surface area contributed by atoms with Crippen LogP contribution in [0.15, 0.2) is 72.3 Å². The summed E-state index contributed by atoms with van der Waals surface area (Å²) >= 11 is 7.26. The number of nitrogens with zero attached hydrogens (tertiary/aromatic N) is 3. The molecule has 4 aromatic rings. The number of non-ortho nitro benzene ring substituents is 1. The Kier molecular flexibility index (Phi) is 6.83. The largest absolute Gasteiger partial charge is 0.507 e. The summed E-state index contributed by atoms with van der Waals surface area (Å²) in [5, 5.41) is 23.5. The lowest BCUT2D eigenvalue weighted by atomic mass is 9.95. The van der Waals surface area contributed by atoms with Crippen molar-refractivity contribution >= 4 is 61.4 Å². The predicted octanol–water partition coefficient (Wildman–Crippen LogP) is 6.27. The van der Waals surface area contributed by atoms with Gasteiger partial charge >= 0.3 is 5.91 Å². The molecule has 1 amide bonds. The Morgan fingerprint density at radius 2 is 1.92 bits per heavy atom. The minimum atomic E-state index is -1.15. The molecule has 38 heavy (non-hydrogen) atoms. The number of nitro groups is 1. The number of ketones is 1. The van der Waals surface area contributed by atoms with E-state index in [2.05, 4.69) is 4.98 Å². The van der Waals surface area contributed by atoms with Gasteiger partial charge in [0.25, 0.3) is 11.5 Å². The minimum Gasteiger partial charge on any atom is -0.507 e. The first kappa shape index (κ1) is 25.4. The number of halogens is 1. The molecule has 0 spiro atoms. The second-order valence-electron chi connectivity index (χ2n) is 8.50. The van der Waals surface area contributed by atoms with Crippen LogP contribution < -0.4 is 9.64 Å². The highest BCUT2D eigenvalue weighted by atomic mass is 35.5. The van der Waals surface area contributed by atoms with Gasteiger partial charge in [-0.05, 0) is 54.4 Å². The molecule has 2 heterocycles. The number of hydrogen-bond donors (Lipinski definition) is 1. The summed E-state index contributed by atoms with van der Waals surface area (Å²) in [6, 6.07) is 16.0. The molecule has 0 radical (unpaired) electrons. The highest BCUT2D eigenvalue weighted by molar-refractivity contribution is 7.22. The van der Waals surface area contributed by atoms with Crippen LogP contribution in [0.25, 0.3) is 16.0 Å². The fraction of sp³-hybridized carbons (Fsp3) is 0.148. The zero-order valence-corrected chi connectivity index (χ0v) is 21.5. The van der Waals surface area contributed by atoms with Crippen molar-refractivity contribution in [3.8, 4) is 5.75 Å². The molecule has 1 aromatic heterocycles. The fourth-order valence-corrected chi connectivity index (χ4v) is 5.50. The number of aliphatic hydroxyl groups excluding tert-OH is 1. The second-order valence-corrected chi connectivity index (χ2v) is 9.95. The standard InChI is InChI=1S/C27H20ClN3O6S/c1-2-12-37-19-9-6-15(7-10-19)24(32)22-23(16-4-3-5-18(13-16)31(35)36)30(26(34)25(22)33)27-29-20-11-8-17(28)14-21(20)38-27/h3-11,13-14,23,32H,2,12H2,1H3/b24-22+. The van der Waals surface area contributed by atoms with E-state index in [4.69, 9.17) is 16.3 Å². The van der Waals surface area contributed by atoms with Crippen molar-refractivity contribution in [2.24, 2.45) is 0 Å². The monoisotopic (exact) mass is 549 g/mol. The van der Waals surface area contributed by atoms with Gasteiger partial charge in [0.15, 0.2) is 5.13 Å². The first-order valence-corrected chi connectivity index (χ1v) is 12.8. The van der Waals surface area contributed by atoms with Gasteiger partial charge in [-0.3, -0.25) is 24.6 Å². The van der Waals surface area contributed by atoms with Crippen LogP contribution in [0.5, 0.6) is 5.75 Å². The molecule has 1 atom stereocenters. The molecule has 1 aliphatic heterocycles. The Morgan fingerprint density at radius 3 is 2.63 bits per heavy atom. The first-order valence-electron chi connectivity index (χ1n) is 11.6. The van der Waals surface area contributed by atoms with Crippen LogP contribution in [0.3, 0.4) is 0 Å². The molecule has 9 nitrogen and oxygen atoms in total. The molecule has 1 N–H and O–H groups in total. The number of amides is 1. The van der Waals surface area contributed by atoms with Crippen LogP contribution in [0.2, 0.25) is 5.02 Å².